The first-order valence-corrected chi connectivity index (χ1v) is 7.31. The lowest BCUT2D eigenvalue weighted by Crippen LogP contribution is -2.15. The molecule has 0 aliphatic carbocycles. The third-order valence-electron chi connectivity index (χ3n) is 3.29. The highest BCUT2D eigenvalue weighted by molar-refractivity contribution is 5.90. The van der Waals surface area contributed by atoms with Crippen molar-refractivity contribution < 1.29 is 9.53 Å². The molecule has 0 atom stereocenters. The summed E-state index contributed by atoms with van der Waals surface area (Å²) in [6.07, 6.45) is 0.323. The van der Waals surface area contributed by atoms with Gasteiger partial charge in [0.15, 0.2) is 0 Å². The van der Waals surface area contributed by atoms with E-state index in [1.165, 1.54) is 5.56 Å². The molecule has 0 unspecified atom stereocenters. The fourth-order valence-electron chi connectivity index (χ4n) is 1.96. The molecule has 0 radical (unpaired) electrons. The van der Waals surface area contributed by atoms with Gasteiger partial charge in [0.1, 0.15) is 5.75 Å². The Bertz CT molecular complexity index is 604. The molecule has 4 nitrogen and oxygen atoms in total. The largest absolute Gasteiger partial charge is 0.493 e. The van der Waals surface area contributed by atoms with E-state index in [1.54, 1.807) is 0 Å². The maximum absolute atomic E-state index is 11.9. The molecule has 0 aromatic heterocycles. The molecule has 0 saturated carbocycles. The normalized spacial score (nSPS) is 10.1. The van der Waals surface area contributed by atoms with Crippen LogP contribution >= 0.6 is 0 Å². The Hall–Kier alpha value is -2.49. The maximum Gasteiger partial charge on any atom is 0.227 e. The number of anilines is 2. The van der Waals surface area contributed by atoms with E-state index in [9.17, 15) is 4.79 Å². The Morgan fingerprint density at radius 1 is 1.05 bits per heavy atom. The van der Waals surface area contributed by atoms with Crippen LogP contribution in [0.5, 0.6) is 5.75 Å². The van der Waals surface area contributed by atoms with Gasteiger partial charge in [-0.1, -0.05) is 17.7 Å². The molecular formula is C18H22N2O2. The number of benzene rings is 2. The van der Waals surface area contributed by atoms with Crippen molar-refractivity contribution in [3.8, 4) is 5.75 Å². The molecule has 22 heavy (non-hydrogen) atoms. The molecule has 0 fully saturated rings. The summed E-state index contributed by atoms with van der Waals surface area (Å²) in [6.45, 7) is 2.39. The summed E-state index contributed by atoms with van der Waals surface area (Å²) >= 11 is 0. The van der Waals surface area contributed by atoms with E-state index >= 15 is 0 Å². The first kappa shape index (κ1) is 15.9. The molecule has 116 valence electrons. The lowest BCUT2D eigenvalue weighted by molar-refractivity contribution is -0.116. The SMILES string of the molecule is Cc1ccc(OCCC(=O)Nc2ccc(N(C)C)cc2)cc1. The van der Waals surface area contributed by atoms with Gasteiger partial charge in [-0.15, -0.1) is 0 Å². The molecule has 2 aromatic carbocycles. The summed E-state index contributed by atoms with van der Waals surface area (Å²) in [5.74, 6) is 0.735. The number of carbonyl (C=O) groups is 1. The van der Waals surface area contributed by atoms with Crippen LogP contribution in [0.1, 0.15) is 12.0 Å². The van der Waals surface area contributed by atoms with Gasteiger partial charge in [-0.05, 0) is 43.3 Å². The van der Waals surface area contributed by atoms with Gasteiger partial charge in [-0.2, -0.15) is 0 Å². The third-order valence-corrected chi connectivity index (χ3v) is 3.29. The Balaban J connectivity index is 1.76. The van der Waals surface area contributed by atoms with Crippen LogP contribution in [0.15, 0.2) is 48.5 Å². The van der Waals surface area contributed by atoms with Crippen molar-refractivity contribution in [2.45, 2.75) is 13.3 Å². The molecule has 2 rings (SSSR count). The lowest BCUT2D eigenvalue weighted by atomic mass is 10.2. The van der Waals surface area contributed by atoms with Crippen LogP contribution in [-0.4, -0.2) is 26.6 Å². The maximum atomic E-state index is 11.9. The number of nitrogens with one attached hydrogen (secondary N) is 1. The fraction of sp³-hybridized carbons (Fsp3) is 0.278. The summed E-state index contributed by atoms with van der Waals surface area (Å²) in [5, 5.41) is 2.87. The van der Waals surface area contributed by atoms with Gasteiger partial charge >= 0.3 is 0 Å². The van der Waals surface area contributed by atoms with Crippen molar-refractivity contribution in [2.75, 3.05) is 30.9 Å². The van der Waals surface area contributed by atoms with E-state index in [4.69, 9.17) is 4.74 Å². The summed E-state index contributed by atoms with van der Waals surface area (Å²) in [5.41, 5.74) is 3.08. The Labute approximate surface area is 131 Å². The molecule has 0 saturated heterocycles. The van der Waals surface area contributed by atoms with Crippen molar-refractivity contribution >= 4 is 17.3 Å². The second-order valence-electron chi connectivity index (χ2n) is 5.40. The van der Waals surface area contributed by atoms with Crippen LogP contribution in [0.2, 0.25) is 0 Å². The Kier molecular flexibility index (Phi) is 5.42. The average molecular weight is 298 g/mol. The minimum atomic E-state index is -0.0512. The van der Waals surface area contributed by atoms with Crippen LogP contribution in [-0.2, 0) is 4.79 Å². The van der Waals surface area contributed by atoms with Crippen LogP contribution in [0, 0.1) is 6.92 Å². The van der Waals surface area contributed by atoms with Crippen LogP contribution in [0.25, 0.3) is 0 Å². The predicted molar refractivity (Wildman–Crippen MR) is 90.7 cm³/mol. The number of amides is 1. The van der Waals surface area contributed by atoms with E-state index in [2.05, 4.69) is 5.32 Å². The van der Waals surface area contributed by atoms with E-state index < -0.39 is 0 Å². The van der Waals surface area contributed by atoms with E-state index in [0.717, 1.165) is 17.1 Å². The van der Waals surface area contributed by atoms with Crippen LogP contribution < -0.4 is 15.0 Å². The topological polar surface area (TPSA) is 41.6 Å². The Morgan fingerprint density at radius 3 is 2.27 bits per heavy atom. The molecule has 0 spiro atoms. The molecular weight excluding hydrogens is 276 g/mol. The lowest BCUT2D eigenvalue weighted by Gasteiger charge is -2.13. The van der Waals surface area contributed by atoms with Gasteiger partial charge in [-0.3, -0.25) is 4.79 Å². The molecule has 2 aromatic rings. The van der Waals surface area contributed by atoms with E-state index in [1.807, 2.05) is 74.4 Å². The number of carbonyl (C=O) groups excluding carboxylic acids is 1. The van der Waals surface area contributed by atoms with Gasteiger partial charge in [-0.25, -0.2) is 0 Å². The fourth-order valence-corrected chi connectivity index (χ4v) is 1.96. The number of aryl methyl sites for hydroxylation is 1. The summed E-state index contributed by atoms with van der Waals surface area (Å²) in [6, 6.07) is 15.5. The number of nitrogens with zero attached hydrogens (tertiary/aromatic N) is 1. The number of hydrogen-bond acceptors (Lipinski definition) is 3. The van der Waals surface area contributed by atoms with Crippen LogP contribution in [0.3, 0.4) is 0 Å². The quantitative estimate of drug-likeness (QED) is 0.888. The molecule has 1 amide bonds. The number of ether oxygens (including phenoxy) is 1. The van der Waals surface area contributed by atoms with Gasteiger partial charge < -0.3 is 15.0 Å². The third kappa shape index (κ3) is 4.81. The van der Waals surface area contributed by atoms with Crippen molar-refractivity contribution in [1.29, 1.82) is 0 Å². The highest BCUT2D eigenvalue weighted by atomic mass is 16.5. The smallest absolute Gasteiger partial charge is 0.227 e. The van der Waals surface area contributed by atoms with Gasteiger partial charge in [0.2, 0.25) is 5.91 Å². The molecule has 4 heteroatoms. The first-order valence-electron chi connectivity index (χ1n) is 7.31. The number of rotatable bonds is 6. The molecule has 1 N–H and O–H groups in total. The van der Waals surface area contributed by atoms with E-state index in [0.29, 0.717) is 13.0 Å². The minimum Gasteiger partial charge on any atom is -0.493 e. The summed E-state index contributed by atoms with van der Waals surface area (Å²) < 4.78 is 5.55. The van der Waals surface area contributed by atoms with Crippen molar-refractivity contribution in [3.05, 3.63) is 54.1 Å². The zero-order valence-corrected chi connectivity index (χ0v) is 13.3. The van der Waals surface area contributed by atoms with Gasteiger partial charge in [0, 0.05) is 25.5 Å². The van der Waals surface area contributed by atoms with Gasteiger partial charge in [0.05, 0.1) is 13.0 Å². The zero-order valence-electron chi connectivity index (χ0n) is 13.3. The second kappa shape index (κ2) is 7.50. The molecule has 0 aliphatic rings. The average Bonchev–Trinajstić information content (AvgIpc) is 2.50. The Morgan fingerprint density at radius 2 is 1.68 bits per heavy atom. The van der Waals surface area contributed by atoms with E-state index in [-0.39, 0.29) is 5.91 Å². The van der Waals surface area contributed by atoms with Crippen molar-refractivity contribution in [1.82, 2.24) is 0 Å². The predicted octanol–water partition coefficient (Wildman–Crippen LogP) is 3.47. The molecule has 0 heterocycles. The second-order valence-corrected chi connectivity index (χ2v) is 5.40. The molecule has 0 bridgehead atoms. The van der Waals surface area contributed by atoms with Crippen molar-refractivity contribution in [3.63, 3.8) is 0 Å². The highest BCUT2D eigenvalue weighted by Crippen LogP contribution is 2.16. The first-order chi connectivity index (χ1) is 10.5. The monoisotopic (exact) mass is 298 g/mol. The minimum absolute atomic E-state index is 0.0512. The zero-order chi connectivity index (χ0) is 15.9. The number of hydrogen-bond donors (Lipinski definition) is 1. The highest BCUT2D eigenvalue weighted by Gasteiger charge is 2.04. The summed E-state index contributed by atoms with van der Waals surface area (Å²) in [7, 11) is 3.96. The van der Waals surface area contributed by atoms with Gasteiger partial charge in [0.25, 0.3) is 0 Å². The van der Waals surface area contributed by atoms with Crippen LogP contribution in [0.4, 0.5) is 11.4 Å². The molecule has 0 aliphatic heterocycles. The standard InChI is InChI=1S/C18H22N2O2/c1-14-4-10-17(11-5-14)22-13-12-18(21)19-15-6-8-16(9-7-15)20(2)3/h4-11H,12-13H2,1-3H3,(H,19,21). The van der Waals surface area contributed by atoms with Crippen molar-refractivity contribution in [2.24, 2.45) is 0 Å². The summed E-state index contributed by atoms with van der Waals surface area (Å²) in [4.78, 5) is 13.9.